The smallest absolute Gasteiger partial charge is 0.251 e. The SMILES string of the molecule is CC1=C(C)C(Nc2ccc(C)cc2F)N(CCC(C)C)C1=O. The van der Waals surface area contributed by atoms with Crippen LogP contribution in [0.15, 0.2) is 29.3 Å². The predicted octanol–water partition coefficient (Wildman–Crippen LogP) is 4.10. The van der Waals surface area contributed by atoms with Crippen LogP contribution in [0.4, 0.5) is 10.1 Å². The lowest BCUT2D eigenvalue weighted by atomic mass is 10.1. The number of nitrogens with one attached hydrogen (secondary N) is 1. The highest BCUT2D eigenvalue weighted by Crippen LogP contribution is 2.28. The molecule has 0 aromatic heterocycles. The van der Waals surface area contributed by atoms with Crippen LogP contribution in [0.25, 0.3) is 0 Å². The lowest BCUT2D eigenvalue weighted by Crippen LogP contribution is -2.41. The Bertz CT molecular complexity index is 607. The molecule has 1 atom stereocenters. The fourth-order valence-corrected chi connectivity index (χ4v) is 2.64. The molecule has 4 heteroatoms. The Morgan fingerprint density at radius 2 is 1.95 bits per heavy atom. The molecule has 0 spiro atoms. The zero-order valence-corrected chi connectivity index (χ0v) is 14.0. The van der Waals surface area contributed by atoms with Gasteiger partial charge in [0.25, 0.3) is 5.91 Å². The highest BCUT2D eigenvalue weighted by atomic mass is 19.1. The molecule has 1 aliphatic heterocycles. The van der Waals surface area contributed by atoms with Gasteiger partial charge >= 0.3 is 0 Å². The average Bonchev–Trinajstić information content (AvgIpc) is 2.64. The first-order valence-corrected chi connectivity index (χ1v) is 7.82. The van der Waals surface area contributed by atoms with Gasteiger partial charge < -0.3 is 10.2 Å². The fraction of sp³-hybridized carbons (Fsp3) is 0.500. The second-order valence-electron chi connectivity index (χ2n) is 6.52. The van der Waals surface area contributed by atoms with Gasteiger partial charge in [-0.3, -0.25) is 4.79 Å². The Morgan fingerprint density at radius 1 is 1.27 bits per heavy atom. The van der Waals surface area contributed by atoms with Crippen molar-refractivity contribution in [2.45, 2.75) is 47.2 Å². The Hall–Kier alpha value is -1.84. The Morgan fingerprint density at radius 3 is 2.55 bits per heavy atom. The van der Waals surface area contributed by atoms with Crippen LogP contribution in [-0.4, -0.2) is 23.5 Å². The van der Waals surface area contributed by atoms with Gasteiger partial charge in [0.2, 0.25) is 0 Å². The Balaban J connectivity index is 2.23. The molecule has 120 valence electrons. The van der Waals surface area contributed by atoms with Gasteiger partial charge in [0, 0.05) is 12.1 Å². The minimum absolute atomic E-state index is 0.0446. The molecule has 1 heterocycles. The van der Waals surface area contributed by atoms with Crippen molar-refractivity contribution < 1.29 is 9.18 Å². The van der Waals surface area contributed by atoms with E-state index in [-0.39, 0.29) is 17.9 Å². The first-order valence-electron chi connectivity index (χ1n) is 7.82. The number of aryl methyl sites for hydroxylation is 1. The van der Waals surface area contributed by atoms with Crippen molar-refractivity contribution in [2.24, 2.45) is 5.92 Å². The molecule has 1 N–H and O–H groups in total. The summed E-state index contributed by atoms with van der Waals surface area (Å²) in [5.74, 6) is 0.280. The number of nitrogens with zero attached hydrogens (tertiary/aromatic N) is 1. The molecule has 22 heavy (non-hydrogen) atoms. The van der Waals surface area contributed by atoms with E-state index < -0.39 is 0 Å². The fourth-order valence-electron chi connectivity index (χ4n) is 2.64. The molecule has 2 rings (SSSR count). The van der Waals surface area contributed by atoms with Gasteiger partial charge in [-0.05, 0) is 56.4 Å². The van der Waals surface area contributed by atoms with E-state index in [1.807, 2.05) is 31.7 Å². The molecule has 0 saturated carbocycles. The van der Waals surface area contributed by atoms with Crippen LogP contribution >= 0.6 is 0 Å². The lowest BCUT2D eigenvalue weighted by molar-refractivity contribution is -0.126. The van der Waals surface area contributed by atoms with Gasteiger partial charge in [-0.1, -0.05) is 19.9 Å². The zero-order chi connectivity index (χ0) is 16.4. The van der Waals surface area contributed by atoms with Crippen LogP contribution in [0.3, 0.4) is 0 Å². The summed E-state index contributed by atoms with van der Waals surface area (Å²) in [6.45, 7) is 10.6. The Labute approximate surface area is 132 Å². The first kappa shape index (κ1) is 16.5. The summed E-state index contributed by atoms with van der Waals surface area (Å²) < 4.78 is 14.1. The molecular formula is C18H25FN2O. The number of anilines is 1. The minimum Gasteiger partial charge on any atom is -0.359 e. The summed E-state index contributed by atoms with van der Waals surface area (Å²) in [4.78, 5) is 14.2. The number of halogens is 1. The van der Waals surface area contributed by atoms with E-state index in [0.29, 0.717) is 18.2 Å². The van der Waals surface area contributed by atoms with E-state index in [9.17, 15) is 9.18 Å². The number of hydrogen-bond acceptors (Lipinski definition) is 2. The lowest BCUT2D eigenvalue weighted by Gasteiger charge is -2.29. The maximum absolute atomic E-state index is 14.1. The minimum atomic E-state index is -0.284. The average molecular weight is 304 g/mol. The van der Waals surface area contributed by atoms with E-state index in [1.165, 1.54) is 6.07 Å². The monoisotopic (exact) mass is 304 g/mol. The highest BCUT2D eigenvalue weighted by molar-refractivity contribution is 5.97. The number of carbonyl (C=O) groups excluding carboxylic acids is 1. The van der Waals surface area contributed by atoms with Gasteiger partial charge in [-0.15, -0.1) is 0 Å². The van der Waals surface area contributed by atoms with Gasteiger partial charge in [-0.25, -0.2) is 4.39 Å². The van der Waals surface area contributed by atoms with Crippen LogP contribution in [0.1, 0.15) is 39.7 Å². The van der Waals surface area contributed by atoms with Gasteiger partial charge in [0.05, 0.1) is 5.69 Å². The second-order valence-corrected chi connectivity index (χ2v) is 6.52. The first-order chi connectivity index (χ1) is 10.3. The molecule has 0 saturated heterocycles. The van der Waals surface area contributed by atoms with Crippen molar-refractivity contribution in [3.05, 3.63) is 40.7 Å². The van der Waals surface area contributed by atoms with Crippen LogP contribution in [-0.2, 0) is 4.79 Å². The van der Waals surface area contributed by atoms with Crippen LogP contribution in [0, 0.1) is 18.7 Å². The highest BCUT2D eigenvalue weighted by Gasteiger charge is 2.34. The van der Waals surface area contributed by atoms with Crippen molar-refractivity contribution in [3.63, 3.8) is 0 Å². The van der Waals surface area contributed by atoms with E-state index in [0.717, 1.165) is 23.1 Å². The second kappa shape index (κ2) is 6.51. The van der Waals surface area contributed by atoms with Gasteiger partial charge in [0.15, 0.2) is 0 Å². The van der Waals surface area contributed by atoms with Crippen molar-refractivity contribution in [2.75, 3.05) is 11.9 Å². The third-order valence-electron chi connectivity index (χ3n) is 4.26. The summed E-state index contributed by atoms with van der Waals surface area (Å²) in [6, 6.07) is 5.10. The number of carbonyl (C=O) groups is 1. The molecule has 1 unspecified atom stereocenters. The van der Waals surface area contributed by atoms with Crippen LogP contribution in [0.2, 0.25) is 0 Å². The van der Waals surface area contributed by atoms with E-state index in [4.69, 9.17) is 0 Å². The Kier molecular flexibility index (Phi) is 4.89. The zero-order valence-electron chi connectivity index (χ0n) is 14.0. The van der Waals surface area contributed by atoms with Crippen LogP contribution < -0.4 is 5.32 Å². The van der Waals surface area contributed by atoms with Gasteiger partial charge in [0.1, 0.15) is 12.0 Å². The topological polar surface area (TPSA) is 32.3 Å². The number of hydrogen-bond donors (Lipinski definition) is 1. The molecule has 1 aromatic rings. The molecule has 3 nitrogen and oxygen atoms in total. The predicted molar refractivity (Wildman–Crippen MR) is 88.1 cm³/mol. The van der Waals surface area contributed by atoms with E-state index >= 15 is 0 Å². The number of amides is 1. The number of rotatable bonds is 5. The molecular weight excluding hydrogens is 279 g/mol. The molecule has 0 bridgehead atoms. The van der Waals surface area contributed by atoms with E-state index in [2.05, 4.69) is 19.2 Å². The maximum atomic E-state index is 14.1. The molecule has 0 aliphatic carbocycles. The molecule has 0 radical (unpaired) electrons. The van der Waals surface area contributed by atoms with Crippen molar-refractivity contribution in [1.29, 1.82) is 0 Å². The summed E-state index contributed by atoms with van der Waals surface area (Å²) in [7, 11) is 0. The molecule has 1 aromatic carbocycles. The van der Waals surface area contributed by atoms with Gasteiger partial charge in [-0.2, -0.15) is 0 Å². The molecule has 1 amide bonds. The summed E-state index contributed by atoms with van der Waals surface area (Å²) >= 11 is 0. The molecule has 0 fully saturated rings. The maximum Gasteiger partial charge on any atom is 0.251 e. The van der Waals surface area contributed by atoms with Crippen molar-refractivity contribution >= 4 is 11.6 Å². The molecule has 1 aliphatic rings. The third-order valence-corrected chi connectivity index (χ3v) is 4.26. The normalized spacial score (nSPS) is 18.6. The standard InChI is InChI=1S/C18H25FN2O/c1-11(2)8-9-21-17(13(4)14(5)18(21)22)20-16-7-6-12(3)10-15(16)19/h6-7,10-11,17,20H,8-9H2,1-5H3. The van der Waals surface area contributed by atoms with E-state index in [1.54, 1.807) is 6.07 Å². The van der Waals surface area contributed by atoms with Crippen LogP contribution in [0.5, 0.6) is 0 Å². The third kappa shape index (κ3) is 3.32. The largest absolute Gasteiger partial charge is 0.359 e. The quantitative estimate of drug-likeness (QED) is 0.888. The number of benzene rings is 1. The van der Waals surface area contributed by atoms with Crippen molar-refractivity contribution in [3.8, 4) is 0 Å². The van der Waals surface area contributed by atoms with Crippen molar-refractivity contribution in [1.82, 2.24) is 4.90 Å². The summed E-state index contributed by atoms with van der Waals surface area (Å²) in [5.41, 5.74) is 3.04. The summed E-state index contributed by atoms with van der Waals surface area (Å²) in [5, 5.41) is 3.19. The summed E-state index contributed by atoms with van der Waals surface area (Å²) in [6.07, 6.45) is 0.671.